The van der Waals surface area contributed by atoms with E-state index in [0.717, 1.165) is 12.8 Å². The van der Waals surface area contributed by atoms with Crippen molar-refractivity contribution in [2.24, 2.45) is 0 Å². The Bertz CT molecular complexity index is 208. The Morgan fingerprint density at radius 3 is 2.42 bits per heavy atom. The maximum atomic E-state index is 5.88. The summed E-state index contributed by atoms with van der Waals surface area (Å²) in [4.78, 5) is 0. The van der Waals surface area contributed by atoms with Gasteiger partial charge < -0.3 is 0 Å². The fourth-order valence-corrected chi connectivity index (χ4v) is 1.31. The van der Waals surface area contributed by atoms with E-state index in [9.17, 15) is 0 Å². The summed E-state index contributed by atoms with van der Waals surface area (Å²) in [6.45, 7) is 0. The van der Waals surface area contributed by atoms with Gasteiger partial charge >= 0.3 is 0 Å². The van der Waals surface area contributed by atoms with Gasteiger partial charge in [0.25, 0.3) is 0 Å². The van der Waals surface area contributed by atoms with Gasteiger partial charge in [0, 0.05) is 11.3 Å². The Labute approximate surface area is 83.5 Å². The third-order valence-corrected chi connectivity index (χ3v) is 2.66. The molecule has 66 valence electrons. The third kappa shape index (κ3) is 3.46. The van der Waals surface area contributed by atoms with Crippen LogP contribution in [0.1, 0.15) is 12.0 Å². The molecule has 1 atom stereocenters. The van der Waals surface area contributed by atoms with Crippen LogP contribution in [0.4, 0.5) is 0 Å². The minimum absolute atomic E-state index is 0.104. The zero-order valence-corrected chi connectivity index (χ0v) is 8.35. The molecule has 0 nitrogen and oxygen atoms in total. The van der Waals surface area contributed by atoms with Crippen LogP contribution in [0.2, 0.25) is 0 Å². The Morgan fingerprint density at radius 2 is 1.83 bits per heavy atom. The highest BCUT2D eigenvalue weighted by molar-refractivity contribution is 6.28. The first-order valence-corrected chi connectivity index (χ1v) is 5.04. The van der Waals surface area contributed by atoms with Crippen molar-refractivity contribution >= 4 is 23.2 Å². The number of hydrogen-bond donors (Lipinski definition) is 0. The molecule has 0 aromatic heterocycles. The average Bonchev–Trinajstić information content (AvgIpc) is 2.16. The molecule has 0 heterocycles. The summed E-state index contributed by atoms with van der Waals surface area (Å²) in [5, 5.41) is 0.104. The minimum Gasteiger partial charge on any atom is -0.125 e. The lowest BCUT2D eigenvalue weighted by molar-refractivity contribution is 0.808. The van der Waals surface area contributed by atoms with E-state index in [0.29, 0.717) is 5.88 Å². The van der Waals surface area contributed by atoms with E-state index in [2.05, 4.69) is 12.1 Å². The van der Waals surface area contributed by atoms with Crippen LogP contribution in [-0.2, 0) is 6.42 Å². The molecule has 0 bridgehead atoms. The van der Waals surface area contributed by atoms with Crippen molar-refractivity contribution in [2.45, 2.75) is 18.2 Å². The van der Waals surface area contributed by atoms with Crippen molar-refractivity contribution < 1.29 is 0 Å². The van der Waals surface area contributed by atoms with E-state index in [1.807, 2.05) is 18.2 Å². The fourth-order valence-electron chi connectivity index (χ4n) is 1.05. The van der Waals surface area contributed by atoms with Gasteiger partial charge in [-0.2, -0.15) is 0 Å². The molecule has 0 saturated heterocycles. The normalized spacial score (nSPS) is 12.8. The molecule has 0 aliphatic heterocycles. The quantitative estimate of drug-likeness (QED) is 0.657. The van der Waals surface area contributed by atoms with Crippen molar-refractivity contribution in [1.29, 1.82) is 0 Å². The van der Waals surface area contributed by atoms with E-state index in [-0.39, 0.29) is 5.38 Å². The number of benzene rings is 1. The van der Waals surface area contributed by atoms with Crippen LogP contribution >= 0.6 is 23.2 Å². The standard InChI is InChI=1S/C10H12Cl2/c11-8-10(12)7-6-9-4-2-1-3-5-9/h1-5,10H,6-8H2/t10-/m1/s1. The molecule has 0 N–H and O–H groups in total. The van der Waals surface area contributed by atoms with Gasteiger partial charge in [0.2, 0.25) is 0 Å². The predicted octanol–water partition coefficient (Wildman–Crippen LogP) is 3.47. The molecule has 0 spiro atoms. The summed E-state index contributed by atoms with van der Waals surface area (Å²) in [7, 11) is 0. The van der Waals surface area contributed by atoms with E-state index >= 15 is 0 Å². The van der Waals surface area contributed by atoms with Crippen molar-refractivity contribution in [3.8, 4) is 0 Å². The Balaban J connectivity index is 2.33. The minimum atomic E-state index is 0.104. The number of halogens is 2. The lowest BCUT2D eigenvalue weighted by Gasteiger charge is -2.04. The van der Waals surface area contributed by atoms with E-state index in [1.54, 1.807) is 0 Å². The highest BCUT2D eigenvalue weighted by Crippen LogP contribution is 2.09. The van der Waals surface area contributed by atoms with Gasteiger partial charge in [0.1, 0.15) is 0 Å². The summed E-state index contributed by atoms with van der Waals surface area (Å²) in [6, 6.07) is 10.3. The maximum absolute atomic E-state index is 5.88. The van der Waals surface area contributed by atoms with E-state index in [4.69, 9.17) is 23.2 Å². The third-order valence-electron chi connectivity index (χ3n) is 1.76. The van der Waals surface area contributed by atoms with Gasteiger partial charge in [-0.15, -0.1) is 23.2 Å². The molecule has 0 aliphatic carbocycles. The van der Waals surface area contributed by atoms with Crippen LogP contribution < -0.4 is 0 Å². The molecule has 0 aliphatic rings. The van der Waals surface area contributed by atoms with Crippen LogP contribution in [0.15, 0.2) is 30.3 Å². The summed E-state index contributed by atoms with van der Waals surface area (Å²) >= 11 is 11.5. The number of rotatable bonds is 4. The number of aryl methyl sites for hydroxylation is 1. The number of alkyl halides is 2. The molecular weight excluding hydrogens is 191 g/mol. The maximum Gasteiger partial charge on any atom is 0.0474 e. The van der Waals surface area contributed by atoms with Gasteiger partial charge in [-0.25, -0.2) is 0 Å². The summed E-state index contributed by atoms with van der Waals surface area (Å²) in [6.07, 6.45) is 1.97. The largest absolute Gasteiger partial charge is 0.125 e. The smallest absolute Gasteiger partial charge is 0.0474 e. The Morgan fingerprint density at radius 1 is 1.17 bits per heavy atom. The zero-order chi connectivity index (χ0) is 8.81. The first-order valence-electron chi connectivity index (χ1n) is 4.07. The van der Waals surface area contributed by atoms with Crippen molar-refractivity contribution in [3.63, 3.8) is 0 Å². The molecule has 0 fully saturated rings. The molecule has 0 unspecified atom stereocenters. The van der Waals surface area contributed by atoms with E-state index in [1.165, 1.54) is 5.56 Å². The Hall–Kier alpha value is -0.200. The lowest BCUT2D eigenvalue weighted by Crippen LogP contribution is -2.01. The second kappa shape index (κ2) is 5.45. The monoisotopic (exact) mass is 202 g/mol. The second-order valence-electron chi connectivity index (χ2n) is 2.78. The first-order chi connectivity index (χ1) is 5.83. The molecular formula is C10H12Cl2. The molecule has 0 radical (unpaired) electrons. The van der Waals surface area contributed by atoms with Crippen LogP contribution in [0.5, 0.6) is 0 Å². The Kier molecular flexibility index (Phi) is 4.49. The van der Waals surface area contributed by atoms with Crippen molar-refractivity contribution in [3.05, 3.63) is 35.9 Å². The van der Waals surface area contributed by atoms with Gasteiger partial charge in [-0.1, -0.05) is 30.3 Å². The first kappa shape index (κ1) is 9.88. The highest BCUT2D eigenvalue weighted by Gasteiger charge is 2.01. The molecule has 2 heteroatoms. The zero-order valence-electron chi connectivity index (χ0n) is 6.84. The van der Waals surface area contributed by atoms with Crippen molar-refractivity contribution in [2.75, 3.05) is 5.88 Å². The predicted molar refractivity (Wildman–Crippen MR) is 55.1 cm³/mol. The molecule has 1 aromatic carbocycles. The summed E-state index contributed by atoms with van der Waals surface area (Å²) < 4.78 is 0. The van der Waals surface area contributed by atoms with Crippen LogP contribution in [0.25, 0.3) is 0 Å². The fraction of sp³-hybridized carbons (Fsp3) is 0.400. The van der Waals surface area contributed by atoms with Gasteiger partial charge in [-0.3, -0.25) is 0 Å². The molecule has 1 rings (SSSR count). The van der Waals surface area contributed by atoms with Gasteiger partial charge in [0.05, 0.1) is 0 Å². The highest BCUT2D eigenvalue weighted by atomic mass is 35.5. The molecule has 0 saturated carbocycles. The molecule has 12 heavy (non-hydrogen) atoms. The lowest BCUT2D eigenvalue weighted by atomic mass is 10.1. The topological polar surface area (TPSA) is 0 Å². The van der Waals surface area contributed by atoms with Crippen LogP contribution in [0.3, 0.4) is 0 Å². The van der Waals surface area contributed by atoms with Crippen LogP contribution in [0, 0.1) is 0 Å². The summed E-state index contributed by atoms with van der Waals surface area (Å²) in [5.74, 6) is 0.536. The van der Waals surface area contributed by atoms with Crippen LogP contribution in [-0.4, -0.2) is 11.3 Å². The SMILES string of the molecule is ClC[C@H](Cl)CCc1ccccc1. The van der Waals surface area contributed by atoms with E-state index < -0.39 is 0 Å². The average molecular weight is 203 g/mol. The number of hydrogen-bond acceptors (Lipinski definition) is 0. The van der Waals surface area contributed by atoms with Crippen molar-refractivity contribution in [1.82, 2.24) is 0 Å². The molecule has 1 aromatic rings. The summed E-state index contributed by atoms with van der Waals surface area (Å²) in [5.41, 5.74) is 1.33. The van der Waals surface area contributed by atoms with Gasteiger partial charge in [-0.05, 0) is 18.4 Å². The van der Waals surface area contributed by atoms with Gasteiger partial charge in [0.15, 0.2) is 0 Å². The molecule has 0 amide bonds. The second-order valence-corrected chi connectivity index (χ2v) is 3.70.